The van der Waals surface area contributed by atoms with Crippen LogP contribution in [0, 0.1) is 0 Å². The molecule has 2 rings (SSSR count). The van der Waals surface area contributed by atoms with E-state index in [1.54, 1.807) is 12.1 Å². The molecule has 0 heterocycles. The smallest absolute Gasteiger partial charge is 0.229 e. The van der Waals surface area contributed by atoms with Crippen LogP contribution in [-0.4, -0.2) is 14.7 Å². The van der Waals surface area contributed by atoms with Gasteiger partial charge in [0, 0.05) is 5.69 Å². The summed E-state index contributed by atoms with van der Waals surface area (Å²) >= 11 is 0. The van der Waals surface area contributed by atoms with E-state index in [2.05, 4.69) is 30.7 Å². The molecular formula is C16H19NO2S. The third-order valence-electron chi connectivity index (χ3n) is 3.08. The van der Waals surface area contributed by atoms with Crippen molar-refractivity contribution < 1.29 is 8.42 Å². The minimum Gasteiger partial charge on any atom is -0.284 e. The maximum absolute atomic E-state index is 11.2. The number of nitrogens with one attached hydrogen (secondary N) is 1. The summed E-state index contributed by atoms with van der Waals surface area (Å²) in [5.74, 6) is 0.444. The Morgan fingerprint density at radius 2 is 1.55 bits per heavy atom. The molecule has 0 unspecified atom stereocenters. The average Bonchev–Trinajstić information content (AvgIpc) is 2.38. The van der Waals surface area contributed by atoms with Crippen LogP contribution in [0.4, 0.5) is 5.69 Å². The number of anilines is 1. The lowest BCUT2D eigenvalue weighted by Gasteiger charge is -2.13. The van der Waals surface area contributed by atoms with Gasteiger partial charge in [0.05, 0.1) is 6.26 Å². The van der Waals surface area contributed by atoms with E-state index >= 15 is 0 Å². The second-order valence-corrected chi connectivity index (χ2v) is 6.94. The number of sulfonamides is 1. The summed E-state index contributed by atoms with van der Waals surface area (Å²) in [6.07, 6.45) is 1.15. The Kier molecular flexibility index (Phi) is 4.14. The molecule has 0 radical (unpaired) electrons. The molecule has 0 bridgehead atoms. The Bertz CT molecular complexity index is 689. The van der Waals surface area contributed by atoms with Crippen LogP contribution in [0.3, 0.4) is 0 Å². The van der Waals surface area contributed by atoms with Crippen molar-refractivity contribution in [2.45, 2.75) is 19.8 Å². The van der Waals surface area contributed by atoms with Crippen molar-refractivity contribution in [2.24, 2.45) is 0 Å². The summed E-state index contributed by atoms with van der Waals surface area (Å²) in [6.45, 7) is 4.33. The Balaban J connectivity index is 2.36. The van der Waals surface area contributed by atoms with Crippen LogP contribution in [0.2, 0.25) is 0 Å². The Morgan fingerprint density at radius 3 is 2.10 bits per heavy atom. The molecule has 0 aliphatic rings. The highest BCUT2D eigenvalue weighted by molar-refractivity contribution is 7.92. The molecule has 0 spiro atoms. The van der Waals surface area contributed by atoms with Gasteiger partial charge in [0.2, 0.25) is 10.0 Å². The molecule has 2 aromatic rings. The van der Waals surface area contributed by atoms with Gasteiger partial charge in [-0.2, -0.15) is 0 Å². The molecule has 106 valence electrons. The first-order chi connectivity index (χ1) is 9.37. The first-order valence-electron chi connectivity index (χ1n) is 6.54. The van der Waals surface area contributed by atoms with Crippen LogP contribution in [0.1, 0.15) is 25.3 Å². The van der Waals surface area contributed by atoms with Crippen molar-refractivity contribution >= 4 is 15.7 Å². The Labute approximate surface area is 120 Å². The number of hydrogen-bond acceptors (Lipinski definition) is 2. The topological polar surface area (TPSA) is 46.2 Å². The van der Waals surface area contributed by atoms with Gasteiger partial charge in [-0.1, -0.05) is 50.2 Å². The van der Waals surface area contributed by atoms with Gasteiger partial charge in [-0.3, -0.25) is 4.72 Å². The second kappa shape index (κ2) is 5.67. The molecule has 0 saturated carbocycles. The molecule has 1 N–H and O–H groups in total. The zero-order valence-corrected chi connectivity index (χ0v) is 12.7. The third kappa shape index (κ3) is 3.61. The van der Waals surface area contributed by atoms with Crippen molar-refractivity contribution in [3.05, 3.63) is 54.1 Å². The molecule has 2 aromatic carbocycles. The maximum Gasteiger partial charge on any atom is 0.229 e. The first-order valence-corrected chi connectivity index (χ1v) is 8.43. The predicted molar refractivity (Wildman–Crippen MR) is 84.4 cm³/mol. The van der Waals surface area contributed by atoms with E-state index in [0.29, 0.717) is 11.6 Å². The van der Waals surface area contributed by atoms with E-state index in [0.717, 1.165) is 11.8 Å². The van der Waals surface area contributed by atoms with Crippen LogP contribution < -0.4 is 4.72 Å². The monoisotopic (exact) mass is 289 g/mol. The fraction of sp³-hybridized carbons (Fsp3) is 0.250. The predicted octanol–water partition coefficient (Wildman–Crippen LogP) is 3.85. The zero-order chi connectivity index (χ0) is 14.8. The Morgan fingerprint density at radius 1 is 0.950 bits per heavy atom. The molecule has 3 nitrogen and oxygen atoms in total. The van der Waals surface area contributed by atoms with Gasteiger partial charge in [-0.05, 0) is 34.7 Å². The van der Waals surface area contributed by atoms with Crippen molar-refractivity contribution in [3.63, 3.8) is 0 Å². The van der Waals surface area contributed by atoms with E-state index < -0.39 is 10.0 Å². The fourth-order valence-electron chi connectivity index (χ4n) is 2.20. The maximum atomic E-state index is 11.2. The van der Waals surface area contributed by atoms with Gasteiger partial charge in [0.15, 0.2) is 0 Å². The van der Waals surface area contributed by atoms with E-state index in [-0.39, 0.29) is 0 Å². The van der Waals surface area contributed by atoms with Crippen molar-refractivity contribution in [1.82, 2.24) is 0 Å². The first kappa shape index (κ1) is 14.6. The number of hydrogen-bond donors (Lipinski definition) is 1. The van der Waals surface area contributed by atoms with Crippen LogP contribution in [0.5, 0.6) is 0 Å². The van der Waals surface area contributed by atoms with Crippen molar-refractivity contribution in [3.8, 4) is 11.1 Å². The summed E-state index contributed by atoms with van der Waals surface area (Å²) in [5.41, 5.74) is 4.15. The molecule has 0 atom stereocenters. The highest BCUT2D eigenvalue weighted by Gasteiger charge is 2.08. The molecule has 20 heavy (non-hydrogen) atoms. The number of benzene rings is 2. The van der Waals surface area contributed by atoms with Gasteiger partial charge in [0.25, 0.3) is 0 Å². The van der Waals surface area contributed by atoms with Crippen LogP contribution in [0.25, 0.3) is 11.1 Å². The summed E-state index contributed by atoms with van der Waals surface area (Å²) in [6, 6.07) is 15.7. The minimum atomic E-state index is -3.23. The molecule has 0 aromatic heterocycles. The molecule has 0 aliphatic carbocycles. The number of rotatable bonds is 4. The highest BCUT2D eigenvalue weighted by atomic mass is 32.2. The molecular weight excluding hydrogens is 270 g/mol. The molecule has 0 saturated heterocycles. The zero-order valence-electron chi connectivity index (χ0n) is 11.9. The molecule has 0 amide bonds. The standard InChI is InChI=1S/C16H19NO2S/c1-12(2)15-6-4-5-7-16(15)13-8-10-14(11-9-13)17-20(3,18)19/h4-12,17H,1-3H3. The van der Waals surface area contributed by atoms with E-state index in [9.17, 15) is 8.42 Å². The van der Waals surface area contributed by atoms with Crippen molar-refractivity contribution in [1.29, 1.82) is 0 Å². The summed E-state index contributed by atoms with van der Waals surface area (Å²) in [4.78, 5) is 0. The highest BCUT2D eigenvalue weighted by Crippen LogP contribution is 2.29. The lowest BCUT2D eigenvalue weighted by atomic mass is 9.93. The van der Waals surface area contributed by atoms with Gasteiger partial charge in [-0.15, -0.1) is 0 Å². The second-order valence-electron chi connectivity index (χ2n) is 5.19. The fourth-order valence-corrected chi connectivity index (χ4v) is 2.76. The van der Waals surface area contributed by atoms with E-state index in [1.165, 1.54) is 11.1 Å². The normalized spacial score (nSPS) is 11.6. The average molecular weight is 289 g/mol. The lowest BCUT2D eigenvalue weighted by Crippen LogP contribution is -2.09. The quantitative estimate of drug-likeness (QED) is 0.929. The van der Waals surface area contributed by atoms with Crippen LogP contribution in [-0.2, 0) is 10.0 Å². The summed E-state index contributed by atoms with van der Waals surface area (Å²) in [5, 5.41) is 0. The van der Waals surface area contributed by atoms with Gasteiger partial charge in [0.1, 0.15) is 0 Å². The molecule has 0 aliphatic heterocycles. The van der Waals surface area contributed by atoms with Gasteiger partial charge in [-0.25, -0.2) is 8.42 Å². The lowest BCUT2D eigenvalue weighted by molar-refractivity contribution is 0.607. The SMILES string of the molecule is CC(C)c1ccccc1-c1ccc(NS(C)(=O)=O)cc1. The summed E-state index contributed by atoms with van der Waals surface area (Å²) < 4.78 is 24.8. The van der Waals surface area contributed by atoms with Gasteiger partial charge < -0.3 is 0 Å². The third-order valence-corrected chi connectivity index (χ3v) is 3.69. The minimum absolute atomic E-state index is 0.444. The van der Waals surface area contributed by atoms with E-state index in [4.69, 9.17) is 0 Å². The molecule has 0 fully saturated rings. The van der Waals surface area contributed by atoms with Crippen molar-refractivity contribution in [2.75, 3.05) is 11.0 Å². The van der Waals surface area contributed by atoms with Crippen LogP contribution >= 0.6 is 0 Å². The van der Waals surface area contributed by atoms with Crippen LogP contribution in [0.15, 0.2) is 48.5 Å². The largest absolute Gasteiger partial charge is 0.284 e. The Hall–Kier alpha value is -1.81. The summed E-state index contributed by atoms with van der Waals surface area (Å²) in [7, 11) is -3.23. The van der Waals surface area contributed by atoms with Gasteiger partial charge >= 0.3 is 0 Å². The molecule has 4 heteroatoms. The van der Waals surface area contributed by atoms with E-state index in [1.807, 2.05) is 24.3 Å².